The third-order valence-corrected chi connectivity index (χ3v) is 2.77. The van der Waals surface area contributed by atoms with Gasteiger partial charge in [-0.2, -0.15) is 0 Å². The van der Waals surface area contributed by atoms with Crippen LogP contribution in [0.15, 0.2) is 18.2 Å². The van der Waals surface area contributed by atoms with Crippen LogP contribution in [0.4, 0.5) is 17.1 Å². The Labute approximate surface area is 90.2 Å². The summed E-state index contributed by atoms with van der Waals surface area (Å²) in [7, 11) is 0. The van der Waals surface area contributed by atoms with Crippen LogP contribution >= 0.6 is 0 Å². The quantitative estimate of drug-likeness (QED) is 0.652. The summed E-state index contributed by atoms with van der Waals surface area (Å²) in [6.07, 6.45) is 2.61. The molecule has 1 saturated heterocycles. The first-order valence-corrected chi connectivity index (χ1v) is 5.37. The van der Waals surface area contributed by atoms with E-state index in [4.69, 9.17) is 11.5 Å². The summed E-state index contributed by atoms with van der Waals surface area (Å²) >= 11 is 0. The van der Waals surface area contributed by atoms with Crippen LogP contribution in [0, 0.1) is 0 Å². The van der Waals surface area contributed by atoms with Gasteiger partial charge in [0.1, 0.15) is 0 Å². The molecule has 1 fully saturated rings. The fraction of sp³-hybridized carbons (Fsp3) is 0.455. The minimum absolute atomic E-state index is 0.708. The first-order chi connectivity index (χ1) is 7.25. The van der Waals surface area contributed by atoms with Crippen LogP contribution in [0.5, 0.6) is 0 Å². The molecule has 1 aliphatic rings. The minimum atomic E-state index is 0.708. The zero-order valence-corrected chi connectivity index (χ0v) is 8.87. The van der Waals surface area contributed by atoms with E-state index in [1.807, 2.05) is 12.1 Å². The molecule has 0 spiro atoms. The number of nitrogens with zero attached hydrogens (tertiary/aromatic N) is 1. The molecule has 15 heavy (non-hydrogen) atoms. The fourth-order valence-electron chi connectivity index (χ4n) is 1.88. The summed E-state index contributed by atoms with van der Waals surface area (Å²) in [4.78, 5) is 2.38. The van der Waals surface area contributed by atoms with E-state index in [2.05, 4.69) is 10.2 Å². The van der Waals surface area contributed by atoms with Gasteiger partial charge in [0.2, 0.25) is 0 Å². The van der Waals surface area contributed by atoms with Gasteiger partial charge >= 0.3 is 0 Å². The Morgan fingerprint density at radius 1 is 1.20 bits per heavy atom. The van der Waals surface area contributed by atoms with Crippen molar-refractivity contribution in [2.24, 2.45) is 0 Å². The van der Waals surface area contributed by atoms with Gasteiger partial charge in [-0.05, 0) is 44.1 Å². The third-order valence-electron chi connectivity index (χ3n) is 2.77. The van der Waals surface area contributed by atoms with Crippen molar-refractivity contribution in [3.63, 3.8) is 0 Å². The fourth-order valence-corrected chi connectivity index (χ4v) is 1.88. The maximum Gasteiger partial charge on any atom is 0.0679 e. The van der Waals surface area contributed by atoms with Gasteiger partial charge in [-0.25, -0.2) is 0 Å². The van der Waals surface area contributed by atoms with Crippen molar-refractivity contribution < 1.29 is 0 Å². The van der Waals surface area contributed by atoms with Crippen molar-refractivity contribution in [1.29, 1.82) is 0 Å². The number of rotatable bonds is 3. The Morgan fingerprint density at radius 3 is 2.60 bits per heavy atom. The van der Waals surface area contributed by atoms with E-state index >= 15 is 0 Å². The maximum absolute atomic E-state index is 5.85. The number of likely N-dealkylation sites (tertiary alicyclic amines) is 1. The van der Waals surface area contributed by atoms with Crippen molar-refractivity contribution in [3.05, 3.63) is 18.2 Å². The summed E-state index contributed by atoms with van der Waals surface area (Å²) in [6.45, 7) is 3.23. The van der Waals surface area contributed by atoms with Gasteiger partial charge in [0.25, 0.3) is 0 Å². The molecule has 0 aromatic heterocycles. The van der Waals surface area contributed by atoms with Crippen LogP contribution in [0.2, 0.25) is 0 Å². The SMILES string of the molecule is Nc1ccc(NCN2CCCC2)c(N)c1. The number of nitrogens with one attached hydrogen (secondary N) is 1. The second kappa shape index (κ2) is 4.40. The highest BCUT2D eigenvalue weighted by Gasteiger charge is 2.10. The van der Waals surface area contributed by atoms with E-state index in [-0.39, 0.29) is 0 Å². The molecule has 0 amide bonds. The molecule has 0 saturated carbocycles. The highest BCUT2D eigenvalue weighted by atomic mass is 15.2. The smallest absolute Gasteiger partial charge is 0.0679 e. The van der Waals surface area contributed by atoms with Crippen LogP contribution in [0.3, 0.4) is 0 Å². The first kappa shape index (κ1) is 10.1. The Kier molecular flexibility index (Phi) is 2.97. The number of nitrogens with two attached hydrogens (primary N) is 2. The minimum Gasteiger partial charge on any atom is -0.399 e. The molecule has 5 N–H and O–H groups in total. The lowest BCUT2D eigenvalue weighted by Crippen LogP contribution is -2.26. The van der Waals surface area contributed by atoms with E-state index in [9.17, 15) is 0 Å². The standard InChI is InChI=1S/C11H18N4/c12-9-3-4-11(10(13)7-9)14-8-15-5-1-2-6-15/h3-4,7,14H,1-2,5-6,8,12-13H2. The Bertz CT molecular complexity index is 331. The molecule has 82 valence electrons. The predicted molar refractivity (Wildman–Crippen MR) is 64.6 cm³/mol. The Morgan fingerprint density at radius 2 is 1.93 bits per heavy atom. The number of nitrogen functional groups attached to an aromatic ring is 2. The third kappa shape index (κ3) is 2.53. The second-order valence-corrected chi connectivity index (χ2v) is 4.01. The Hall–Kier alpha value is -1.42. The molecule has 1 aromatic rings. The summed E-state index contributed by atoms with van der Waals surface area (Å²) in [5.74, 6) is 0. The van der Waals surface area contributed by atoms with Gasteiger partial charge < -0.3 is 16.8 Å². The van der Waals surface area contributed by atoms with Crippen LogP contribution in [-0.2, 0) is 0 Å². The number of hydrogen-bond donors (Lipinski definition) is 3. The predicted octanol–water partition coefficient (Wildman–Crippen LogP) is 1.32. The lowest BCUT2D eigenvalue weighted by molar-refractivity contribution is 0.364. The number of anilines is 3. The van der Waals surface area contributed by atoms with E-state index in [1.165, 1.54) is 25.9 Å². The van der Waals surface area contributed by atoms with Crippen molar-refractivity contribution in [2.75, 3.05) is 36.5 Å². The second-order valence-electron chi connectivity index (χ2n) is 4.01. The van der Waals surface area contributed by atoms with Crippen molar-refractivity contribution in [3.8, 4) is 0 Å². The van der Waals surface area contributed by atoms with Gasteiger partial charge in [0.05, 0.1) is 18.0 Å². The molecule has 0 radical (unpaired) electrons. The molecule has 0 unspecified atom stereocenters. The summed E-state index contributed by atoms with van der Waals surface area (Å²) < 4.78 is 0. The average molecular weight is 206 g/mol. The molecule has 1 heterocycles. The van der Waals surface area contributed by atoms with E-state index < -0.39 is 0 Å². The summed E-state index contributed by atoms with van der Waals surface area (Å²) in [5, 5.41) is 3.33. The molecular weight excluding hydrogens is 188 g/mol. The van der Waals surface area contributed by atoms with Gasteiger partial charge in [-0.15, -0.1) is 0 Å². The van der Waals surface area contributed by atoms with Crippen molar-refractivity contribution in [2.45, 2.75) is 12.8 Å². The van der Waals surface area contributed by atoms with E-state index in [0.29, 0.717) is 11.4 Å². The summed E-state index contributed by atoms with van der Waals surface area (Å²) in [5.41, 5.74) is 13.9. The summed E-state index contributed by atoms with van der Waals surface area (Å²) in [6, 6.07) is 5.58. The largest absolute Gasteiger partial charge is 0.399 e. The maximum atomic E-state index is 5.85. The van der Waals surface area contributed by atoms with Gasteiger partial charge in [-0.3, -0.25) is 4.90 Å². The molecule has 1 aliphatic heterocycles. The number of hydrogen-bond acceptors (Lipinski definition) is 4. The lowest BCUT2D eigenvalue weighted by atomic mass is 10.2. The molecule has 1 aromatic carbocycles. The molecule has 0 aliphatic carbocycles. The van der Waals surface area contributed by atoms with Gasteiger partial charge in [0, 0.05) is 5.69 Å². The van der Waals surface area contributed by atoms with Crippen LogP contribution in [0.1, 0.15) is 12.8 Å². The molecule has 2 rings (SSSR count). The molecule has 4 nitrogen and oxygen atoms in total. The van der Waals surface area contributed by atoms with Gasteiger partial charge in [-0.1, -0.05) is 0 Å². The highest BCUT2D eigenvalue weighted by Crippen LogP contribution is 2.21. The normalized spacial score (nSPS) is 16.8. The molecule has 0 bridgehead atoms. The average Bonchev–Trinajstić information content (AvgIpc) is 2.69. The zero-order valence-electron chi connectivity index (χ0n) is 8.87. The highest BCUT2D eigenvalue weighted by molar-refractivity contribution is 5.70. The van der Waals surface area contributed by atoms with E-state index in [1.54, 1.807) is 6.07 Å². The van der Waals surface area contributed by atoms with Crippen LogP contribution in [0.25, 0.3) is 0 Å². The van der Waals surface area contributed by atoms with Crippen LogP contribution < -0.4 is 16.8 Å². The topological polar surface area (TPSA) is 67.3 Å². The number of benzene rings is 1. The molecule has 0 atom stereocenters. The van der Waals surface area contributed by atoms with Gasteiger partial charge in [0.15, 0.2) is 0 Å². The van der Waals surface area contributed by atoms with Crippen LogP contribution in [-0.4, -0.2) is 24.7 Å². The van der Waals surface area contributed by atoms with E-state index in [0.717, 1.165) is 12.4 Å². The van der Waals surface area contributed by atoms with Crippen molar-refractivity contribution >= 4 is 17.1 Å². The lowest BCUT2D eigenvalue weighted by Gasteiger charge is -2.17. The zero-order chi connectivity index (χ0) is 10.7. The Balaban J connectivity index is 1.92. The first-order valence-electron chi connectivity index (χ1n) is 5.37. The molecule has 4 heteroatoms. The van der Waals surface area contributed by atoms with Crippen molar-refractivity contribution in [1.82, 2.24) is 4.90 Å². The molecular formula is C11H18N4. The monoisotopic (exact) mass is 206 g/mol.